The molecule has 0 saturated carbocycles. The van der Waals surface area contributed by atoms with Crippen LogP contribution in [0.2, 0.25) is 0 Å². The van der Waals surface area contributed by atoms with Gasteiger partial charge in [-0.25, -0.2) is 0 Å². The third-order valence-corrected chi connectivity index (χ3v) is 6.03. The van der Waals surface area contributed by atoms with Crippen LogP contribution in [0.15, 0.2) is 0 Å². The van der Waals surface area contributed by atoms with Gasteiger partial charge in [0.05, 0.1) is 13.2 Å². The molecule has 190 valence electrons. The summed E-state index contributed by atoms with van der Waals surface area (Å²) < 4.78 is 10.6. The summed E-state index contributed by atoms with van der Waals surface area (Å²) in [7, 11) is 0. The maximum atomic E-state index is 11.7. The van der Waals surface area contributed by atoms with Gasteiger partial charge in [-0.3, -0.25) is 9.59 Å². The fourth-order valence-electron chi connectivity index (χ4n) is 3.88. The van der Waals surface area contributed by atoms with Gasteiger partial charge in [-0.05, 0) is 25.7 Å². The first-order valence-electron chi connectivity index (χ1n) is 14.0. The lowest BCUT2D eigenvalue weighted by Crippen LogP contribution is -2.05. The SMILES string of the molecule is CCCCCCCCOC(=O)CCCCCCCCCCC(=O)OCCCCCCCC. The average Bonchev–Trinajstić information content (AvgIpc) is 2.79. The van der Waals surface area contributed by atoms with E-state index in [4.69, 9.17) is 9.47 Å². The van der Waals surface area contributed by atoms with Gasteiger partial charge < -0.3 is 9.47 Å². The average molecular weight is 455 g/mol. The van der Waals surface area contributed by atoms with Gasteiger partial charge in [0, 0.05) is 12.8 Å². The number of carbonyl (C=O) groups excluding carboxylic acids is 2. The standard InChI is InChI=1S/C28H54O4/c1-3-5-7-9-17-21-25-31-27(29)23-19-15-13-11-12-14-16-20-24-28(30)32-26-22-18-10-8-6-4-2/h3-26H2,1-2H3. The molecule has 0 bridgehead atoms. The van der Waals surface area contributed by atoms with E-state index in [0.717, 1.165) is 38.5 Å². The van der Waals surface area contributed by atoms with Crippen LogP contribution in [0.1, 0.15) is 155 Å². The minimum atomic E-state index is -0.0260. The largest absolute Gasteiger partial charge is 0.466 e. The fourth-order valence-corrected chi connectivity index (χ4v) is 3.88. The Bertz CT molecular complexity index is 370. The Hall–Kier alpha value is -1.06. The predicted molar refractivity (Wildman–Crippen MR) is 135 cm³/mol. The summed E-state index contributed by atoms with van der Waals surface area (Å²) in [6.07, 6.45) is 24.7. The number of rotatable bonds is 25. The third-order valence-electron chi connectivity index (χ3n) is 6.03. The van der Waals surface area contributed by atoms with Crippen molar-refractivity contribution in [2.75, 3.05) is 13.2 Å². The summed E-state index contributed by atoms with van der Waals surface area (Å²) in [6.45, 7) is 5.64. The van der Waals surface area contributed by atoms with E-state index < -0.39 is 0 Å². The highest BCUT2D eigenvalue weighted by Crippen LogP contribution is 2.12. The van der Waals surface area contributed by atoms with Crippen LogP contribution >= 0.6 is 0 Å². The van der Waals surface area contributed by atoms with Crippen molar-refractivity contribution in [2.45, 2.75) is 155 Å². The van der Waals surface area contributed by atoms with Crippen LogP contribution in [-0.2, 0) is 19.1 Å². The number of carbonyl (C=O) groups is 2. The summed E-state index contributed by atoms with van der Waals surface area (Å²) in [6, 6.07) is 0. The first-order chi connectivity index (χ1) is 15.7. The monoisotopic (exact) mass is 454 g/mol. The molecule has 0 spiro atoms. The molecule has 0 atom stereocenters. The Balaban J connectivity index is 3.23. The van der Waals surface area contributed by atoms with Crippen LogP contribution in [0.25, 0.3) is 0 Å². The number of hydrogen-bond acceptors (Lipinski definition) is 4. The Morgan fingerprint density at radius 1 is 0.406 bits per heavy atom. The molecular weight excluding hydrogens is 400 g/mol. The second-order valence-corrected chi connectivity index (χ2v) is 9.30. The molecule has 0 aliphatic heterocycles. The molecule has 0 radical (unpaired) electrons. The molecule has 0 unspecified atom stereocenters. The molecule has 0 fully saturated rings. The first-order valence-corrected chi connectivity index (χ1v) is 14.0. The maximum Gasteiger partial charge on any atom is 0.305 e. The van der Waals surface area contributed by atoms with E-state index in [1.807, 2.05) is 0 Å². The molecule has 4 nitrogen and oxygen atoms in total. The van der Waals surface area contributed by atoms with Crippen molar-refractivity contribution >= 4 is 11.9 Å². The van der Waals surface area contributed by atoms with Crippen LogP contribution in [0.5, 0.6) is 0 Å². The smallest absolute Gasteiger partial charge is 0.305 e. The predicted octanol–water partition coefficient (Wildman–Crippen LogP) is 8.69. The highest BCUT2D eigenvalue weighted by Gasteiger charge is 2.04. The quantitative estimate of drug-likeness (QED) is 0.102. The van der Waals surface area contributed by atoms with Crippen molar-refractivity contribution in [1.29, 1.82) is 0 Å². The summed E-state index contributed by atoms with van der Waals surface area (Å²) in [5.41, 5.74) is 0. The summed E-state index contributed by atoms with van der Waals surface area (Å²) in [5.74, 6) is -0.0520. The lowest BCUT2D eigenvalue weighted by molar-refractivity contribution is -0.144. The van der Waals surface area contributed by atoms with Crippen LogP contribution in [0.4, 0.5) is 0 Å². The Morgan fingerprint density at radius 3 is 1.03 bits per heavy atom. The molecule has 0 aromatic rings. The van der Waals surface area contributed by atoms with Gasteiger partial charge in [-0.1, -0.05) is 117 Å². The van der Waals surface area contributed by atoms with E-state index >= 15 is 0 Å². The summed E-state index contributed by atoms with van der Waals surface area (Å²) in [5, 5.41) is 0. The highest BCUT2D eigenvalue weighted by atomic mass is 16.5. The number of hydrogen-bond donors (Lipinski definition) is 0. The molecule has 0 aliphatic carbocycles. The molecule has 0 aliphatic rings. The molecule has 0 amide bonds. The van der Waals surface area contributed by atoms with Gasteiger partial charge in [0.25, 0.3) is 0 Å². The van der Waals surface area contributed by atoms with Crippen molar-refractivity contribution in [1.82, 2.24) is 0 Å². The molecular formula is C28H54O4. The number of esters is 2. The van der Waals surface area contributed by atoms with Crippen molar-refractivity contribution < 1.29 is 19.1 Å². The molecule has 0 rings (SSSR count). The second kappa shape index (κ2) is 26.2. The van der Waals surface area contributed by atoms with Gasteiger partial charge in [0.1, 0.15) is 0 Å². The molecule has 0 saturated heterocycles. The van der Waals surface area contributed by atoms with E-state index in [2.05, 4.69) is 13.8 Å². The normalized spacial score (nSPS) is 10.9. The zero-order valence-electron chi connectivity index (χ0n) is 21.6. The van der Waals surface area contributed by atoms with Crippen LogP contribution in [0, 0.1) is 0 Å². The van der Waals surface area contributed by atoms with E-state index in [9.17, 15) is 9.59 Å². The lowest BCUT2D eigenvalue weighted by Gasteiger charge is -2.06. The minimum Gasteiger partial charge on any atom is -0.466 e. The fraction of sp³-hybridized carbons (Fsp3) is 0.929. The van der Waals surface area contributed by atoms with Crippen molar-refractivity contribution in [2.24, 2.45) is 0 Å². The second-order valence-electron chi connectivity index (χ2n) is 9.30. The van der Waals surface area contributed by atoms with Crippen molar-refractivity contribution in [3.8, 4) is 0 Å². The van der Waals surface area contributed by atoms with Crippen LogP contribution in [-0.4, -0.2) is 25.2 Å². The molecule has 4 heteroatoms. The first kappa shape index (κ1) is 30.9. The van der Waals surface area contributed by atoms with E-state index in [1.54, 1.807) is 0 Å². The number of ether oxygens (including phenoxy) is 2. The topological polar surface area (TPSA) is 52.6 Å². The molecule has 32 heavy (non-hydrogen) atoms. The van der Waals surface area contributed by atoms with Crippen molar-refractivity contribution in [3.63, 3.8) is 0 Å². The zero-order chi connectivity index (χ0) is 23.5. The summed E-state index contributed by atoms with van der Waals surface area (Å²) in [4.78, 5) is 23.4. The highest BCUT2D eigenvalue weighted by molar-refractivity contribution is 5.69. The van der Waals surface area contributed by atoms with Gasteiger partial charge >= 0.3 is 11.9 Å². The Labute approximate surface area is 199 Å². The van der Waals surface area contributed by atoms with E-state index in [-0.39, 0.29) is 11.9 Å². The van der Waals surface area contributed by atoms with Gasteiger partial charge in [0.2, 0.25) is 0 Å². The maximum absolute atomic E-state index is 11.7. The summed E-state index contributed by atoms with van der Waals surface area (Å²) >= 11 is 0. The van der Waals surface area contributed by atoms with Gasteiger partial charge in [-0.2, -0.15) is 0 Å². The minimum absolute atomic E-state index is 0.0260. The van der Waals surface area contributed by atoms with E-state index in [1.165, 1.54) is 89.9 Å². The van der Waals surface area contributed by atoms with Gasteiger partial charge in [-0.15, -0.1) is 0 Å². The lowest BCUT2D eigenvalue weighted by atomic mass is 10.1. The Kier molecular flexibility index (Phi) is 25.3. The Morgan fingerprint density at radius 2 is 0.688 bits per heavy atom. The number of unbranched alkanes of at least 4 members (excludes halogenated alkanes) is 17. The van der Waals surface area contributed by atoms with Crippen LogP contribution < -0.4 is 0 Å². The zero-order valence-corrected chi connectivity index (χ0v) is 21.6. The third kappa shape index (κ3) is 25.2. The van der Waals surface area contributed by atoms with E-state index in [0.29, 0.717) is 26.1 Å². The molecule has 0 N–H and O–H groups in total. The molecule has 0 aromatic heterocycles. The molecule has 0 heterocycles. The van der Waals surface area contributed by atoms with Gasteiger partial charge in [0.15, 0.2) is 0 Å². The molecule has 0 aromatic carbocycles. The van der Waals surface area contributed by atoms with Crippen molar-refractivity contribution in [3.05, 3.63) is 0 Å². The van der Waals surface area contributed by atoms with Crippen LogP contribution in [0.3, 0.4) is 0 Å².